The van der Waals surface area contributed by atoms with Crippen molar-refractivity contribution in [3.8, 4) is 16.9 Å². The van der Waals surface area contributed by atoms with Crippen LogP contribution in [0, 0.1) is 23.0 Å². The number of amides is 1. The van der Waals surface area contributed by atoms with E-state index < -0.39 is 23.6 Å². The number of β-amino-alcohol motifs (C(OH)–C–C–N with tert-alkyl or cyclic N) is 1. The van der Waals surface area contributed by atoms with E-state index in [0.29, 0.717) is 48.5 Å². The van der Waals surface area contributed by atoms with Crippen LogP contribution in [0.25, 0.3) is 11.1 Å². The Balaban J connectivity index is 1.15. The number of carbonyl (C=O) groups excluding carboxylic acids is 1. The van der Waals surface area contributed by atoms with Crippen molar-refractivity contribution in [3.63, 3.8) is 0 Å². The van der Waals surface area contributed by atoms with E-state index in [4.69, 9.17) is 4.74 Å². The molecule has 2 saturated heterocycles. The van der Waals surface area contributed by atoms with Gasteiger partial charge in [0.05, 0.1) is 18.3 Å². The van der Waals surface area contributed by atoms with Crippen molar-refractivity contribution >= 4 is 5.91 Å². The lowest BCUT2D eigenvalue weighted by Crippen LogP contribution is -2.44. The second-order valence-corrected chi connectivity index (χ2v) is 11.6. The van der Waals surface area contributed by atoms with Crippen molar-refractivity contribution in [2.45, 2.75) is 58.0 Å². The predicted octanol–water partition coefficient (Wildman–Crippen LogP) is 5.51. The summed E-state index contributed by atoms with van der Waals surface area (Å²) >= 11 is 0. The SMILES string of the molecule is CC1(CN2CCC(COc3ccc(-c4ccc(C(=O)N5CCC[C@H](O)C5)c(F)c4)cc3F)CC2)CCC1. The molecule has 5 nitrogen and oxygen atoms in total. The number of aliphatic hydroxyl groups excluding tert-OH is 1. The zero-order chi connectivity index (χ0) is 26.0. The molecular weight excluding hydrogens is 474 g/mol. The molecule has 1 amide bonds. The lowest BCUT2D eigenvalue weighted by molar-refractivity contribution is 0.0470. The zero-order valence-electron chi connectivity index (χ0n) is 21.7. The molecule has 1 atom stereocenters. The first kappa shape index (κ1) is 26.1. The molecule has 0 bridgehead atoms. The van der Waals surface area contributed by atoms with Crippen LogP contribution in [0.5, 0.6) is 5.75 Å². The van der Waals surface area contributed by atoms with Gasteiger partial charge in [0, 0.05) is 19.6 Å². The Kier molecular flexibility index (Phi) is 7.82. The first-order valence-corrected chi connectivity index (χ1v) is 13.7. The van der Waals surface area contributed by atoms with Gasteiger partial charge in [-0.15, -0.1) is 0 Å². The smallest absolute Gasteiger partial charge is 0.256 e. The molecule has 2 aromatic carbocycles. The van der Waals surface area contributed by atoms with Crippen LogP contribution in [-0.4, -0.2) is 66.2 Å². The maximum absolute atomic E-state index is 14.9. The molecule has 37 heavy (non-hydrogen) atoms. The molecule has 7 heteroatoms. The monoisotopic (exact) mass is 512 g/mol. The number of halogens is 2. The van der Waals surface area contributed by atoms with Gasteiger partial charge in [-0.1, -0.05) is 25.5 Å². The van der Waals surface area contributed by atoms with E-state index in [1.165, 1.54) is 48.9 Å². The molecular formula is C30H38F2N2O3. The maximum atomic E-state index is 14.9. The predicted molar refractivity (Wildman–Crippen MR) is 140 cm³/mol. The molecule has 1 saturated carbocycles. The van der Waals surface area contributed by atoms with E-state index in [2.05, 4.69) is 11.8 Å². The second-order valence-electron chi connectivity index (χ2n) is 11.6. The van der Waals surface area contributed by atoms with E-state index in [9.17, 15) is 18.7 Å². The lowest BCUT2D eigenvalue weighted by atomic mass is 9.70. The van der Waals surface area contributed by atoms with E-state index >= 15 is 0 Å². The summed E-state index contributed by atoms with van der Waals surface area (Å²) in [4.78, 5) is 16.8. The molecule has 1 N–H and O–H groups in total. The van der Waals surface area contributed by atoms with E-state index in [0.717, 1.165) is 25.9 Å². The summed E-state index contributed by atoms with van der Waals surface area (Å²) in [6.45, 7) is 6.95. The highest BCUT2D eigenvalue weighted by molar-refractivity contribution is 5.95. The van der Waals surface area contributed by atoms with Crippen molar-refractivity contribution in [2.24, 2.45) is 11.3 Å². The number of ether oxygens (including phenoxy) is 1. The van der Waals surface area contributed by atoms with Crippen LogP contribution >= 0.6 is 0 Å². The summed E-state index contributed by atoms with van der Waals surface area (Å²) < 4.78 is 35.6. The first-order chi connectivity index (χ1) is 17.8. The fraction of sp³-hybridized carbons (Fsp3) is 0.567. The highest BCUT2D eigenvalue weighted by Gasteiger charge is 2.34. The molecule has 3 fully saturated rings. The minimum atomic E-state index is -0.652. The number of rotatable bonds is 7. The van der Waals surface area contributed by atoms with Crippen molar-refractivity contribution < 1.29 is 23.4 Å². The Morgan fingerprint density at radius 1 is 1.00 bits per heavy atom. The topological polar surface area (TPSA) is 53.0 Å². The van der Waals surface area contributed by atoms with Crippen LogP contribution in [0.1, 0.15) is 62.2 Å². The van der Waals surface area contributed by atoms with Crippen LogP contribution in [0.4, 0.5) is 8.78 Å². The second kappa shape index (κ2) is 11.1. The minimum absolute atomic E-state index is 0.0360. The molecule has 1 aliphatic carbocycles. The fourth-order valence-corrected chi connectivity index (χ4v) is 5.97. The summed E-state index contributed by atoms with van der Waals surface area (Å²) in [6.07, 6.45) is 6.93. The quantitative estimate of drug-likeness (QED) is 0.532. The summed E-state index contributed by atoms with van der Waals surface area (Å²) in [7, 11) is 0. The number of hydrogen-bond acceptors (Lipinski definition) is 4. The molecule has 2 aliphatic heterocycles. The van der Waals surface area contributed by atoms with Gasteiger partial charge in [0.15, 0.2) is 11.6 Å². The Morgan fingerprint density at radius 3 is 2.32 bits per heavy atom. The van der Waals surface area contributed by atoms with Crippen LogP contribution < -0.4 is 4.74 Å². The van der Waals surface area contributed by atoms with Gasteiger partial charge >= 0.3 is 0 Å². The van der Waals surface area contributed by atoms with Gasteiger partial charge in [-0.25, -0.2) is 8.78 Å². The molecule has 5 rings (SSSR count). The summed E-state index contributed by atoms with van der Waals surface area (Å²) in [5.74, 6) is -0.925. The van der Waals surface area contributed by atoms with Crippen LogP contribution in [-0.2, 0) is 0 Å². The molecule has 0 aromatic heterocycles. The molecule has 3 aliphatic rings. The number of hydrogen-bond donors (Lipinski definition) is 1. The normalized spacial score (nSPS) is 22.5. The number of benzene rings is 2. The minimum Gasteiger partial charge on any atom is -0.490 e. The summed E-state index contributed by atoms with van der Waals surface area (Å²) in [5, 5.41) is 9.82. The van der Waals surface area contributed by atoms with Gasteiger partial charge in [0.1, 0.15) is 5.82 Å². The largest absolute Gasteiger partial charge is 0.490 e. The third kappa shape index (κ3) is 6.15. The number of likely N-dealkylation sites (tertiary alicyclic amines) is 2. The summed E-state index contributed by atoms with van der Waals surface area (Å²) in [5.41, 5.74) is 1.48. The van der Waals surface area contributed by atoms with Crippen molar-refractivity contribution in [1.82, 2.24) is 9.80 Å². The summed E-state index contributed by atoms with van der Waals surface area (Å²) in [6, 6.07) is 9.01. The van der Waals surface area contributed by atoms with Gasteiger partial charge in [0.2, 0.25) is 0 Å². The van der Waals surface area contributed by atoms with Crippen LogP contribution in [0.3, 0.4) is 0 Å². The number of carbonyl (C=O) groups is 1. The average molecular weight is 513 g/mol. The van der Waals surface area contributed by atoms with E-state index in [1.54, 1.807) is 18.2 Å². The highest BCUT2D eigenvalue weighted by Crippen LogP contribution is 2.41. The fourth-order valence-electron chi connectivity index (χ4n) is 5.97. The Hall–Kier alpha value is -2.51. The maximum Gasteiger partial charge on any atom is 0.256 e. The van der Waals surface area contributed by atoms with Crippen molar-refractivity contribution in [2.75, 3.05) is 39.3 Å². The van der Waals surface area contributed by atoms with E-state index in [1.807, 2.05) is 0 Å². The van der Waals surface area contributed by atoms with Gasteiger partial charge in [-0.3, -0.25) is 4.79 Å². The third-order valence-electron chi connectivity index (χ3n) is 8.50. The number of nitrogens with zero attached hydrogens (tertiary/aromatic N) is 2. The van der Waals surface area contributed by atoms with E-state index in [-0.39, 0.29) is 17.9 Å². The number of piperidine rings is 2. The zero-order valence-corrected chi connectivity index (χ0v) is 21.7. The highest BCUT2D eigenvalue weighted by atomic mass is 19.1. The average Bonchev–Trinajstić information content (AvgIpc) is 2.87. The number of aliphatic hydroxyl groups is 1. The van der Waals surface area contributed by atoms with Gasteiger partial charge in [-0.05, 0) is 98.3 Å². The first-order valence-electron chi connectivity index (χ1n) is 13.7. The van der Waals surface area contributed by atoms with Crippen molar-refractivity contribution in [1.29, 1.82) is 0 Å². The van der Waals surface area contributed by atoms with Crippen LogP contribution in [0.2, 0.25) is 0 Å². The third-order valence-corrected chi connectivity index (χ3v) is 8.50. The van der Waals surface area contributed by atoms with Gasteiger partial charge in [0.25, 0.3) is 5.91 Å². The molecule has 0 radical (unpaired) electrons. The van der Waals surface area contributed by atoms with Gasteiger partial charge in [-0.2, -0.15) is 0 Å². The Morgan fingerprint density at radius 2 is 1.70 bits per heavy atom. The van der Waals surface area contributed by atoms with Crippen molar-refractivity contribution in [3.05, 3.63) is 53.6 Å². The molecule has 2 heterocycles. The lowest BCUT2D eigenvalue weighted by Gasteiger charge is -2.44. The molecule has 0 spiro atoms. The molecule has 0 unspecified atom stereocenters. The standard InChI is InChI=1S/C30H38F2N2O3/c1-30(11-3-12-30)20-33-14-9-21(10-15-33)19-37-28-8-6-23(17-27(28)32)22-5-7-25(26(31)16-22)29(36)34-13-2-4-24(35)18-34/h5-8,16-17,21,24,35H,2-4,9-15,18-20H2,1H3/t24-/m0/s1. The molecule has 200 valence electrons. The Labute approximate surface area is 218 Å². The van der Waals surface area contributed by atoms with Gasteiger partial charge < -0.3 is 19.6 Å². The molecule has 2 aromatic rings. The Bertz CT molecular complexity index is 1110. The van der Waals surface area contributed by atoms with Crippen LogP contribution in [0.15, 0.2) is 36.4 Å².